The molecule has 0 amide bonds. The molecule has 0 atom stereocenters. The first kappa shape index (κ1) is 8.35. The molecule has 0 saturated carbocycles. The number of hydrogen-bond donors (Lipinski definition) is 0. The van der Waals surface area contributed by atoms with Crippen LogP contribution in [-0.2, 0) is 6.42 Å². The Hall–Kier alpha value is -1.97. The van der Waals surface area contributed by atoms with Gasteiger partial charge in [-0.3, -0.25) is 4.79 Å². The summed E-state index contributed by atoms with van der Waals surface area (Å²) in [6, 6.07) is 5.73. The Morgan fingerprint density at radius 1 is 1.13 bits per heavy atom. The third kappa shape index (κ3) is 1.26. The SMILES string of the molecule is O=C1CCc2cc(-n3nccn3)ccc21. The molecular formula is C11H9N3O. The summed E-state index contributed by atoms with van der Waals surface area (Å²) < 4.78 is 0. The molecule has 15 heavy (non-hydrogen) atoms. The van der Waals surface area contributed by atoms with E-state index in [4.69, 9.17) is 0 Å². The van der Waals surface area contributed by atoms with Crippen molar-refractivity contribution in [2.75, 3.05) is 0 Å². The molecule has 1 aromatic heterocycles. The van der Waals surface area contributed by atoms with Gasteiger partial charge in [0.1, 0.15) is 0 Å². The lowest BCUT2D eigenvalue weighted by Crippen LogP contribution is -2.00. The van der Waals surface area contributed by atoms with Crippen LogP contribution in [0.15, 0.2) is 30.6 Å². The molecule has 0 N–H and O–H groups in total. The number of fused-ring (bicyclic) bond motifs is 1. The van der Waals surface area contributed by atoms with Crippen molar-refractivity contribution in [3.8, 4) is 5.69 Å². The van der Waals surface area contributed by atoms with Crippen LogP contribution in [0.25, 0.3) is 5.69 Å². The number of carbonyl (C=O) groups is 1. The second-order valence-corrected chi connectivity index (χ2v) is 3.58. The third-order valence-electron chi connectivity index (χ3n) is 2.66. The van der Waals surface area contributed by atoms with Gasteiger partial charge in [0.05, 0.1) is 18.1 Å². The fraction of sp³-hybridized carbons (Fsp3) is 0.182. The van der Waals surface area contributed by atoms with Crippen molar-refractivity contribution < 1.29 is 4.79 Å². The Labute approximate surface area is 86.5 Å². The van der Waals surface area contributed by atoms with Crippen LogP contribution in [0.2, 0.25) is 0 Å². The van der Waals surface area contributed by atoms with Crippen LogP contribution < -0.4 is 0 Å². The molecule has 1 aliphatic carbocycles. The lowest BCUT2D eigenvalue weighted by molar-refractivity contribution is 0.0994. The van der Waals surface area contributed by atoms with Gasteiger partial charge >= 0.3 is 0 Å². The monoisotopic (exact) mass is 199 g/mol. The highest BCUT2D eigenvalue weighted by atomic mass is 16.1. The summed E-state index contributed by atoms with van der Waals surface area (Å²) in [5.41, 5.74) is 2.87. The highest BCUT2D eigenvalue weighted by Crippen LogP contribution is 2.23. The predicted octanol–water partition coefficient (Wildman–Crippen LogP) is 1.40. The van der Waals surface area contributed by atoms with Crippen molar-refractivity contribution >= 4 is 5.78 Å². The molecule has 0 aliphatic heterocycles. The van der Waals surface area contributed by atoms with Gasteiger partial charge in [-0.15, -0.1) is 0 Å². The summed E-state index contributed by atoms with van der Waals surface area (Å²) in [4.78, 5) is 13.0. The number of aromatic nitrogens is 3. The van der Waals surface area contributed by atoms with E-state index in [1.54, 1.807) is 17.2 Å². The van der Waals surface area contributed by atoms with Crippen LogP contribution in [0.4, 0.5) is 0 Å². The van der Waals surface area contributed by atoms with Crippen molar-refractivity contribution in [3.05, 3.63) is 41.7 Å². The molecule has 4 heteroatoms. The molecule has 4 nitrogen and oxygen atoms in total. The van der Waals surface area contributed by atoms with Crippen molar-refractivity contribution in [3.63, 3.8) is 0 Å². The lowest BCUT2D eigenvalue weighted by Gasteiger charge is -2.02. The molecule has 0 bridgehead atoms. The van der Waals surface area contributed by atoms with Gasteiger partial charge in [-0.2, -0.15) is 15.0 Å². The van der Waals surface area contributed by atoms with Gasteiger partial charge in [0, 0.05) is 12.0 Å². The van der Waals surface area contributed by atoms with Crippen molar-refractivity contribution in [2.24, 2.45) is 0 Å². The van der Waals surface area contributed by atoms with Crippen LogP contribution >= 0.6 is 0 Å². The molecule has 0 fully saturated rings. The number of ketones is 1. The maximum Gasteiger partial charge on any atom is 0.163 e. The fourth-order valence-electron chi connectivity index (χ4n) is 1.92. The second-order valence-electron chi connectivity index (χ2n) is 3.58. The minimum Gasteiger partial charge on any atom is -0.294 e. The van der Waals surface area contributed by atoms with Gasteiger partial charge in [0.15, 0.2) is 5.78 Å². The summed E-state index contributed by atoms with van der Waals surface area (Å²) in [7, 11) is 0. The zero-order chi connectivity index (χ0) is 10.3. The molecular weight excluding hydrogens is 190 g/mol. The Kier molecular flexibility index (Phi) is 1.68. The maximum atomic E-state index is 11.4. The van der Waals surface area contributed by atoms with Crippen LogP contribution in [0.1, 0.15) is 22.3 Å². The van der Waals surface area contributed by atoms with E-state index in [2.05, 4.69) is 10.2 Å². The summed E-state index contributed by atoms with van der Waals surface area (Å²) in [5, 5.41) is 8.10. The first-order valence-corrected chi connectivity index (χ1v) is 4.87. The van der Waals surface area contributed by atoms with Gasteiger partial charge in [-0.1, -0.05) is 0 Å². The van der Waals surface area contributed by atoms with Gasteiger partial charge in [-0.05, 0) is 30.2 Å². The smallest absolute Gasteiger partial charge is 0.163 e. The predicted molar refractivity (Wildman–Crippen MR) is 54.0 cm³/mol. The number of benzene rings is 1. The van der Waals surface area contributed by atoms with E-state index in [1.165, 1.54) is 0 Å². The number of hydrogen-bond acceptors (Lipinski definition) is 3. The third-order valence-corrected chi connectivity index (χ3v) is 2.66. The summed E-state index contributed by atoms with van der Waals surface area (Å²) >= 11 is 0. The Balaban J connectivity index is 2.11. The first-order chi connectivity index (χ1) is 7.34. The second kappa shape index (κ2) is 3.02. The molecule has 0 radical (unpaired) electrons. The van der Waals surface area contributed by atoms with E-state index in [1.807, 2.05) is 18.2 Å². The first-order valence-electron chi connectivity index (χ1n) is 4.87. The number of carbonyl (C=O) groups excluding carboxylic acids is 1. The summed E-state index contributed by atoms with van der Waals surface area (Å²) in [5.74, 6) is 0.241. The molecule has 1 heterocycles. The summed E-state index contributed by atoms with van der Waals surface area (Å²) in [6.45, 7) is 0. The molecule has 3 rings (SSSR count). The zero-order valence-electron chi connectivity index (χ0n) is 8.05. The van der Waals surface area contributed by atoms with Crippen LogP contribution in [0.5, 0.6) is 0 Å². The van der Waals surface area contributed by atoms with Crippen LogP contribution in [0, 0.1) is 0 Å². The highest BCUT2D eigenvalue weighted by molar-refractivity contribution is 6.00. The van der Waals surface area contributed by atoms with E-state index in [0.717, 1.165) is 23.2 Å². The van der Waals surface area contributed by atoms with E-state index in [9.17, 15) is 4.79 Å². The van der Waals surface area contributed by atoms with Gasteiger partial charge < -0.3 is 0 Å². The van der Waals surface area contributed by atoms with Gasteiger partial charge in [0.25, 0.3) is 0 Å². The molecule has 1 aromatic carbocycles. The Morgan fingerprint density at radius 3 is 2.73 bits per heavy atom. The fourth-order valence-corrected chi connectivity index (χ4v) is 1.92. The molecule has 0 saturated heterocycles. The van der Waals surface area contributed by atoms with E-state index >= 15 is 0 Å². The van der Waals surface area contributed by atoms with Crippen LogP contribution in [-0.4, -0.2) is 20.8 Å². The van der Waals surface area contributed by atoms with Crippen molar-refractivity contribution in [1.29, 1.82) is 0 Å². The Bertz CT molecular complexity index is 517. The number of aryl methyl sites for hydroxylation is 1. The van der Waals surface area contributed by atoms with E-state index in [-0.39, 0.29) is 5.78 Å². The normalized spacial score (nSPS) is 14.3. The Morgan fingerprint density at radius 2 is 1.93 bits per heavy atom. The molecule has 2 aromatic rings. The number of rotatable bonds is 1. The minimum absolute atomic E-state index is 0.241. The van der Waals surface area contributed by atoms with E-state index in [0.29, 0.717) is 6.42 Å². The quantitative estimate of drug-likeness (QED) is 0.697. The molecule has 0 spiro atoms. The standard InChI is InChI=1S/C11H9N3O/c15-11-4-1-8-7-9(2-3-10(8)11)14-12-5-6-13-14/h2-3,5-7H,1,4H2. The van der Waals surface area contributed by atoms with Crippen LogP contribution in [0.3, 0.4) is 0 Å². The molecule has 0 unspecified atom stereocenters. The zero-order valence-corrected chi connectivity index (χ0v) is 8.05. The number of nitrogens with zero attached hydrogens (tertiary/aromatic N) is 3. The highest BCUT2D eigenvalue weighted by Gasteiger charge is 2.19. The topological polar surface area (TPSA) is 47.8 Å². The van der Waals surface area contributed by atoms with Crippen molar-refractivity contribution in [1.82, 2.24) is 15.0 Å². The summed E-state index contributed by atoms with van der Waals surface area (Å²) in [6.07, 6.45) is 4.74. The number of Topliss-reactive ketones (excluding diaryl/α,β-unsaturated/α-hetero) is 1. The van der Waals surface area contributed by atoms with Crippen molar-refractivity contribution in [2.45, 2.75) is 12.8 Å². The lowest BCUT2D eigenvalue weighted by atomic mass is 10.1. The van der Waals surface area contributed by atoms with Gasteiger partial charge in [0.2, 0.25) is 0 Å². The minimum atomic E-state index is 0.241. The maximum absolute atomic E-state index is 11.4. The van der Waals surface area contributed by atoms with Gasteiger partial charge in [-0.25, -0.2) is 0 Å². The van der Waals surface area contributed by atoms with E-state index < -0.39 is 0 Å². The molecule has 74 valence electrons. The largest absolute Gasteiger partial charge is 0.294 e. The average Bonchev–Trinajstić information content (AvgIpc) is 2.88. The molecule has 1 aliphatic rings. The average molecular weight is 199 g/mol.